The molecular weight excluding hydrogens is 532 g/mol. The molecular formula is C30H26N2O7S. The molecule has 10 heteroatoms. The maximum Gasteiger partial charge on any atom is 0.337 e. The number of ketones is 1. The van der Waals surface area contributed by atoms with Crippen molar-refractivity contribution in [3.63, 3.8) is 0 Å². The molecule has 4 aromatic rings. The third kappa shape index (κ3) is 4.89. The molecule has 2 heterocycles. The van der Waals surface area contributed by atoms with E-state index in [2.05, 4.69) is 4.98 Å². The lowest BCUT2D eigenvalue weighted by Gasteiger charge is -2.23. The lowest BCUT2D eigenvalue weighted by molar-refractivity contribution is -0.132. The van der Waals surface area contributed by atoms with Gasteiger partial charge in [-0.3, -0.25) is 14.5 Å². The fourth-order valence-corrected chi connectivity index (χ4v) is 5.49. The van der Waals surface area contributed by atoms with E-state index in [0.717, 1.165) is 11.1 Å². The van der Waals surface area contributed by atoms with E-state index in [1.54, 1.807) is 73.8 Å². The summed E-state index contributed by atoms with van der Waals surface area (Å²) in [4.78, 5) is 44.9. The van der Waals surface area contributed by atoms with Crippen molar-refractivity contribution in [1.29, 1.82) is 0 Å². The van der Waals surface area contributed by atoms with Crippen molar-refractivity contribution in [1.82, 2.24) is 4.98 Å². The summed E-state index contributed by atoms with van der Waals surface area (Å²) < 4.78 is 16.5. The molecule has 1 saturated heterocycles. The molecule has 0 aliphatic carbocycles. The smallest absolute Gasteiger partial charge is 0.337 e. The highest BCUT2D eigenvalue weighted by Gasteiger charge is 2.48. The van der Waals surface area contributed by atoms with Gasteiger partial charge < -0.3 is 19.3 Å². The second-order valence-corrected chi connectivity index (χ2v) is 9.99. The Bertz CT molecular complexity index is 1620. The summed E-state index contributed by atoms with van der Waals surface area (Å²) in [7, 11) is 2.84. The van der Waals surface area contributed by atoms with Crippen LogP contribution in [0.1, 0.15) is 40.9 Å². The fourth-order valence-electron chi connectivity index (χ4n) is 4.47. The van der Waals surface area contributed by atoms with Gasteiger partial charge in [0.25, 0.3) is 5.78 Å². The number of anilines is 1. The molecule has 0 bridgehead atoms. The van der Waals surface area contributed by atoms with Crippen molar-refractivity contribution in [2.45, 2.75) is 19.4 Å². The van der Waals surface area contributed by atoms with E-state index in [9.17, 15) is 19.5 Å². The molecule has 5 rings (SSSR count). The summed E-state index contributed by atoms with van der Waals surface area (Å²) in [6.07, 6.45) is 0.846. The van der Waals surface area contributed by atoms with Crippen LogP contribution >= 0.6 is 11.3 Å². The summed E-state index contributed by atoms with van der Waals surface area (Å²) in [5.74, 6) is -1.26. The average Bonchev–Trinajstić information content (AvgIpc) is 3.52. The van der Waals surface area contributed by atoms with E-state index in [4.69, 9.17) is 14.2 Å². The Morgan fingerprint density at radius 3 is 2.30 bits per heavy atom. The number of ether oxygens (including phenoxy) is 3. The Kier molecular flexibility index (Phi) is 7.52. The second-order valence-electron chi connectivity index (χ2n) is 8.99. The van der Waals surface area contributed by atoms with Gasteiger partial charge in [0.05, 0.1) is 48.2 Å². The van der Waals surface area contributed by atoms with Gasteiger partial charge in [0.2, 0.25) is 0 Å². The van der Waals surface area contributed by atoms with Crippen LogP contribution in [-0.4, -0.2) is 48.6 Å². The van der Waals surface area contributed by atoms with Crippen LogP contribution in [0.3, 0.4) is 0 Å². The zero-order valence-corrected chi connectivity index (χ0v) is 22.9. The average molecular weight is 559 g/mol. The summed E-state index contributed by atoms with van der Waals surface area (Å²) in [5.41, 5.74) is 1.71. The highest BCUT2D eigenvalue weighted by atomic mass is 32.1. The summed E-state index contributed by atoms with van der Waals surface area (Å²) >= 11 is 1.23. The van der Waals surface area contributed by atoms with E-state index in [1.165, 1.54) is 23.3 Å². The van der Waals surface area contributed by atoms with Gasteiger partial charge in [-0.25, -0.2) is 9.78 Å². The summed E-state index contributed by atoms with van der Waals surface area (Å²) in [6, 6.07) is 17.3. The third-order valence-corrected chi connectivity index (χ3v) is 7.50. The maximum absolute atomic E-state index is 13.5. The predicted octanol–water partition coefficient (Wildman–Crippen LogP) is 5.51. The van der Waals surface area contributed by atoms with Crippen LogP contribution in [0.5, 0.6) is 11.5 Å². The van der Waals surface area contributed by atoms with E-state index in [0.29, 0.717) is 40.3 Å². The summed E-state index contributed by atoms with van der Waals surface area (Å²) in [6.45, 7) is 2.55. The zero-order chi connectivity index (χ0) is 28.4. The first-order chi connectivity index (χ1) is 19.4. The van der Waals surface area contributed by atoms with Crippen molar-refractivity contribution in [3.05, 3.63) is 89.0 Å². The number of carbonyl (C=O) groups excluding carboxylic acids is 3. The van der Waals surface area contributed by atoms with Crippen LogP contribution in [0.2, 0.25) is 0 Å². The van der Waals surface area contributed by atoms with Crippen molar-refractivity contribution < 1.29 is 33.7 Å². The van der Waals surface area contributed by atoms with Crippen molar-refractivity contribution in [2.75, 3.05) is 25.7 Å². The van der Waals surface area contributed by atoms with Gasteiger partial charge in [-0.1, -0.05) is 30.4 Å². The highest BCUT2D eigenvalue weighted by Crippen LogP contribution is 2.44. The van der Waals surface area contributed by atoms with E-state index in [-0.39, 0.29) is 16.5 Å². The lowest BCUT2D eigenvalue weighted by atomic mass is 9.94. The molecule has 0 spiro atoms. The highest BCUT2D eigenvalue weighted by molar-refractivity contribution is 7.22. The Labute approximate surface area is 234 Å². The zero-order valence-electron chi connectivity index (χ0n) is 22.0. The van der Waals surface area contributed by atoms with Gasteiger partial charge in [0.1, 0.15) is 17.3 Å². The topological polar surface area (TPSA) is 115 Å². The molecule has 0 radical (unpaired) electrons. The number of methoxy groups -OCH3 is 2. The third-order valence-electron chi connectivity index (χ3n) is 6.48. The van der Waals surface area contributed by atoms with Crippen molar-refractivity contribution in [3.8, 4) is 11.5 Å². The number of aliphatic hydroxyl groups excluding tert-OH is 1. The number of amides is 1. The van der Waals surface area contributed by atoms with Gasteiger partial charge in [0, 0.05) is 5.56 Å². The van der Waals surface area contributed by atoms with Crippen LogP contribution in [0, 0.1) is 0 Å². The van der Waals surface area contributed by atoms with Crippen molar-refractivity contribution in [2.24, 2.45) is 0 Å². The number of hydrogen-bond donors (Lipinski definition) is 1. The first-order valence-corrected chi connectivity index (χ1v) is 13.3. The molecule has 1 aliphatic rings. The molecule has 9 nitrogen and oxygen atoms in total. The minimum atomic E-state index is -0.995. The normalized spacial score (nSPS) is 16.4. The molecule has 3 aromatic carbocycles. The number of carbonyl (C=O) groups is 3. The standard InChI is InChI=1S/C30H26N2O7S/c1-4-15-39-20-11-9-18(10-12-20)26(33)24-25(17-5-7-19(8-6-17)29(36)38-3)32(28(35)27(24)34)30-31-22-14-13-21(37-2)16-23(22)40-30/h5-14,16,25,33H,4,15H2,1-3H3/b26-24+. The number of esters is 1. The van der Waals surface area contributed by atoms with Gasteiger partial charge in [-0.05, 0) is 66.6 Å². The fraction of sp³-hybridized carbons (Fsp3) is 0.200. The van der Waals surface area contributed by atoms with Gasteiger partial charge in [-0.2, -0.15) is 0 Å². The number of nitrogens with zero attached hydrogens (tertiary/aromatic N) is 2. The number of aromatic nitrogens is 1. The molecule has 1 fully saturated rings. The van der Waals surface area contributed by atoms with Crippen LogP contribution in [0.25, 0.3) is 16.0 Å². The van der Waals surface area contributed by atoms with Crippen LogP contribution in [-0.2, 0) is 14.3 Å². The number of fused-ring (bicyclic) bond motifs is 1. The van der Waals surface area contributed by atoms with E-state index >= 15 is 0 Å². The number of thiazole rings is 1. The van der Waals surface area contributed by atoms with Crippen LogP contribution in [0.4, 0.5) is 5.13 Å². The van der Waals surface area contributed by atoms with Gasteiger partial charge in [-0.15, -0.1) is 0 Å². The van der Waals surface area contributed by atoms with Gasteiger partial charge in [0.15, 0.2) is 5.13 Å². The quantitative estimate of drug-likeness (QED) is 0.130. The molecule has 40 heavy (non-hydrogen) atoms. The van der Waals surface area contributed by atoms with Crippen molar-refractivity contribution >= 4 is 50.1 Å². The first-order valence-electron chi connectivity index (χ1n) is 12.5. The molecule has 1 unspecified atom stereocenters. The van der Waals surface area contributed by atoms with E-state index < -0.39 is 23.7 Å². The monoisotopic (exact) mass is 558 g/mol. The number of rotatable bonds is 8. The second kappa shape index (κ2) is 11.2. The molecule has 1 aromatic heterocycles. The summed E-state index contributed by atoms with van der Waals surface area (Å²) in [5, 5.41) is 11.7. The molecule has 1 amide bonds. The molecule has 1 N–H and O–H groups in total. The van der Waals surface area contributed by atoms with Gasteiger partial charge >= 0.3 is 11.9 Å². The number of Topliss-reactive ketones (excluding diaryl/α,β-unsaturated/α-hetero) is 1. The van der Waals surface area contributed by atoms with Crippen LogP contribution < -0.4 is 14.4 Å². The number of aliphatic hydroxyl groups is 1. The van der Waals surface area contributed by atoms with Crippen LogP contribution in [0.15, 0.2) is 72.3 Å². The lowest BCUT2D eigenvalue weighted by Crippen LogP contribution is -2.29. The minimum Gasteiger partial charge on any atom is -0.507 e. The number of hydrogen-bond acceptors (Lipinski definition) is 9. The first kappa shape index (κ1) is 26.9. The largest absolute Gasteiger partial charge is 0.507 e. The number of benzene rings is 3. The minimum absolute atomic E-state index is 0.0881. The molecule has 1 aliphatic heterocycles. The Morgan fingerprint density at radius 1 is 0.975 bits per heavy atom. The molecule has 0 saturated carbocycles. The maximum atomic E-state index is 13.5. The molecule has 204 valence electrons. The Balaban J connectivity index is 1.64. The Morgan fingerprint density at radius 2 is 1.65 bits per heavy atom. The Hall–Kier alpha value is -4.70. The predicted molar refractivity (Wildman–Crippen MR) is 151 cm³/mol. The van der Waals surface area contributed by atoms with E-state index in [1.807, 2.05) is 6.92 Å². The molecule has 1 atom stereocenters. The SMILES string of the molecule is CCCOc1ccc(/C(O)=C2\C(=O)C(=O)N(c3nc4ccc(OC)cc4s3)C2c2ccc(C(=O)OC)cc2)cc1.